The number of aliphatic hydroxyl groups excluding tert-OH is 1. The molecule has 0 spiro atoms. The fraction of sp³-hybridized carbons (Fsp3) is 0.333. The van der Waals surface area contributed by atoms with Gasteiger partial charge in [-0.1, -0.05) is 12.1 Å². The number of hydrogen-bond acceptors (Lipinski definition) is 3. The van der Waals surface area contributed by atoms with Crippen LogP contribution in [0.1, 0.15) is 0 Å². The minimum absolute atomic E-state index is 0.233. The van der Waals surface area contributed by atoms with Gasteiger partial charge in [-0.15, -0.1) is 0 Å². The molecule has 0 aliphatic carbocycles. The van der Waals surface area contributed by atoms with E-state index < -0.39 is 8.56 Å². The summed E-state index contributed by atoms with van der Waals surface area (Å²) in [6.07, 6.45) is -0.233. The molecule has 0 saturated heterocycles. The normalized spacial score (nSPS) is 11.7. The molecule has 0 atom stereocenters. The van der Waals surface area contributed by atoms with Crippen LogP contribution in [0.2, 0.25) is 0 Å². The predicted molar refractivity (Wildman–Crippen MR) is 52.9 cm³/mol. The van der Waals surface area contributed by atoms with E-state index in [1.54, 1.807) is 12.1 Å². The Balaban J connectivity index is 3.10. The Morgan fingerprint density at radius 3 is 2.43 bits per heavy atom. The van der Waals surface area contributed by atoms with Gasteiger partial charge in [0.1, 0.15) is 5.82 Å². The van der Waals surface area contributed by atoms with Gasteiger partial charge in [-0.2, -0.15) is 0 Å². The first-order valence-electron chi connectivity index (χ1n) is 4.15. The molecule has 0 aromatic heterocycles. The van der Waals surface area contributed by atoms with E-state index in [4.69, 9.17) is 8.85 Å². The number of halogens is 1. The maximum Gasteiger partial charge on any atom is 0.398 e. The Bertz CT molecular complexity index is 294. The van der Waals surface area contributed by atoms with Crippen molar-refractivity contribution in [2.24, 2.45) is 0 Å². The summed E-state index contributed by atoms with van der Waals surface area (Å²) in [6.45, 7) is 0. The molecule has 0 amide bonds. The molecule has 0 aliphatic heterocycles. The Labute approximate surface area is 83.3 Å². The van der Waals surface area contributed by atoms with Crippen LogP contribution in [0.5, 0.6) is 0 Å². The van der Waals surface area contributed by atoms with Gasteiger partial charge in [-0.3, -0.25) is 0 Å². The molecule has 1 rings (SSSR count). The largest absolute Gasteiger partial charge is 0.398 e. The summed E-state index contributed by atoms with van der Waals surface area (Å²) in [5, 5.41) is 9.80. The maximum absolute atomic E-state index is 12.9. The van der Waals surface area contributed by atoms with E-state index in [-0.39, 0.29) is 12.0 Å². The Hall–Kier alpha value is -0.753. The van der Waals surface area contributed by atoms with Crippen LogP contribution in [0.15, 0.2) is 24.3 Å². The fourth-order valence-electron chi connectivity index (χ4n) is 1.26. The van der Waals surface area contributed by atoms with Gasteiger partial charge in [0.05, 0.1) is 6.23 Å². The average molecular weight is 216 g/mol. The van der Waals surface area contributed by atoms with Gasteiger partial charge in [-0.05, 0) is 17.3 Å². The number of aliphatic hydroxyl groups is 1. The monoisotopic (exact) mass is 216 g/mol. The minimum atomic E-state index is -2.81. The lowest BCUT2D eigenvalue weighted by Gasteiger charge is -2.25. The zero-order valence-electron chi connectivity index (χ0n) is 8.16. The van der Waals surface area contributed by atoms with Crippen LogP contribution >= 0.6 is 0 Å². The van der Waals surface area contributed by atoms with Crippen molar-refractivity contribution < 1.29 is 18.3 Å². The van der Waals surface area contributed by atoms with Crippen LogP contribution in [0.25, 0.3) is 0 Å². The quantitative estimate of drug-likeness (QED) is 0.736. The van der Waals surface area contributed by atoms with Gasteiger partial charge < -0.3 is 14.0 Å². The minimum Gasteiger partial charge on any atom is -0.394 e. The number of benzene rings is 1. The second-order valence-corrected chi connectivity index (χ2v) is 6.05. The Morgan fingerprint density at radius 1 is 1.36 bits per heavy atom. The second-order valence-electron chi connectivity index (χ2n) is 2.83. The van der Waals surface area contributed by atoms with Gasteiger partial charge in [0, 0.05) is 14.2 Å². The first-order chi connectivity index (χ1) is 6.68. The van der Waals surface area contributed by atoms with E-state index in [0.29, 0.717) is 5.19 Å². The number of hydrogen-bond donors (Lipinski definition) is 1. The highest BCUT2D eigenvalue weighted by molar-refractivity contribution is 6.80. The molecular weight excluding hydrogens is 203 g/mol. The zero-order valence-corrected chi connectivity index (χ0v) is 9.16. The molecule has 0 unspecified atom stereocenters. The molecule has 3 nitrogen and oxygen atoms in total. The Kier molecular flexibility index (Phi) is 3.76. The van der Waals surface area contributed by atoms with Gasteiger partial charge in [0.15, 0.2) is 0 Å². The summed E-state index contributed by atoms with van der Waals surface area (Å²) in [4.78, 5) is 0. The summed E-state index contributed by atoms with van der Waals surface area (Å²) >= 11 is 0. The van der Waals surface area contributed by atoms with Gasteiger partial charge >= 0.3 is 8.56 Å². The third-order valence-corrected chi connectivity index (χ3v) is 5.06. The van der Waals surface area contributed by atoms with Crippen LogP contribution < -0.4 is 5.19 Å². The molecule has 5 heteroatoms. The molecule has 0 aliphatic rings. The average Bonchev–Trinajstić information content (AvgIpc) is 2.22. The molecule has 0 fully saturated rings. The van der Waals surface area contributed by atoms with Crippen LogP contribution in [0, 0.1) is 5.82 Å². The van der Waals surface area contributed by atoms with Crippen molar-refractivity contribution >= 4 is 13.7 Å². The van der Waals surface area contributed by atoms with E-state index >= 15 is 0 Å². The van der Waals surface area contributed by atoms with E-state index in [9.17, 15) is 9.50 Å². The zero-order chi connectivity index (χ0) is 10.6. The first kappa shape index (κ1) is 11.3. The van der Waals surface area contributed by atoms with Crippen LogP contribution in [0.3, 0.4) is 0 Å². The summed E-state index contributed by atoms with van der Waals surface area (Å²) in [6, 6.07) is 5.93. The molecule has 0 bridgehead atoms. The molecule has 78 valence electrons. The van der Waals surface area contributed by atoms with Crippen molar-refractivity contribution in [3.05, 3.63) is 30.1 Å². The maximum atomic E-state index is 12.9. The molecule has 14 heavy (non-hydrogen) atoms. The van der Waals surface area contributed by atoms with Crippen molar-refractivity contribution in [3.8, 4) is 0 Å². The Morgan fingerprint density at radius 2 is 2.00 bits per heavy atom. The number of rotatable bonds is 4. The van der Waals surface area contributed by atoms with Crippen LogP contribution in [-0.2, 0) is 8.85 Å². The molecular formula is C9H13FO3Si. The molecule has 0 saturated carbocycles. The summed E-state index contributed by atoms with van der Waals surface area (Å²) in [7, 11) is 0.101. The molecule has 0 heterocycles. The van der Waals surface area contributed by atoms with Crippen molar-refractivity contribution in [1.82, 2.24) is 0 Å². The van der Waals surface area contributed by atoms with E-state index in [0.717, 1.165) is 0 Å². The van der Waals surface area contributed by atoms with Crippen LogP contribution in [-0.4, -0.2) is 34.1 Å². The lowest BCUT2D eigenvalue weighted by Crippen LogP contribution is -2.56. The lowest BCUT2D eigenvalue weighted by molar-refractivity contribution is 0.210. The highest BCUT2D eigenvalue weighted by Crippen LogP contribution is 2.06. The first-order valence-corrected chi connectivity index (χ1v) is 6.18. The van der Waals surface area contributed by atoms with Crippen molar-refractivity contribution in [1.29, 1.82) is 0 Å². The summed E-state index contributed by atoms with van der Waals surface area (Å²) in [5.74, 6) is -0.359. The predicted octanol–water partition coefficient (Wildman–Crippen LogP) is 0.299. The topological polar surface area (TPSA) is 38.7 Å². The SMILES string of the molecule is CO[Si](CO)(OC)c1cccc(F)c1. The third kappa shape index (κ3) is 2.01. The molecule has 1 N–H and O–H groups in total. The van der Waals surface area contributed by atoms with Gasteiger partial charge in [0.25, 0.3) is 0 Å². The lowest BCUT2D eigenvalue weighted by atomic mass is 10.3. The summed E-state index contributed by atoms with van der Waals surface area (Å²) < 4.78 is 23.3. The summed E-state index contributed by atoms with van der Waals surface area (Å²) in [5.41, 5.74) is 0. The highest BCUT2D eigenvalue weighted by atomic mass is 28.4. The second kappa shape index (κ2) is 4.65. The standard InChI is InChI=1S/C9H13FO3Si/c1-12-14(7-11,13-2)9-5-3-4-8(10)6-9/h3-6,11H,7H2,1-2H3. The van der Waals surface area contributed by atoms with Crippen LogP contribution in [0.4, 0.5) is 4.39 Å². The fourth-order valence-corrected chi connectivity index (χ4v) is 3.05. The smallest absolute Gasteiger partial charge is 0.394 e. The van der Waals surface area contributed by atoms with Gasteiger partial charge in [-0.25, -0.2) is 4.39 Å². The van der Waals surface area contributed by atoms with Crippen molar-refractivity contribution in [3.63, 3.8) is 0 Å². The van der Waals surface area contributed by atoms with Crippen molar-refractivity contribution in [2.75, 3.05) is 20.4 Å². The van der Waals surface area contributed by atoms with E-state index in [1.165, 1.54) is 26.4 Å². The van der Waals surface area contributed by atoms with Gasteiger partial charge in [0.2, 0.25) is 0 Å². The van der Waals surface area contributed by atoms with E-state index in [1.807, 2.05) is 0 Å². The third-order valence-electron chi connectivity index (χ3n) is 2.13. The molecule has 1 aromatic rings. The molecule has 1 aromatic carbocycles. The van der Waals surface area contributed by atoms with Crippen molar-refractivity contribution in [2.45, 2.75) is 0 Å². The highest BCUT2D eigenvalue weighted by Gasteiger charge is 2.37. The van der Waals surface area contributed by atoms with E-state index in [2.05, 4.69) is 0 Å². The molecule has 0 radical (unpaired) electrons.